The van der Waals surface area contributed by atoms with Crippen LogP contribution in [0.25, 0.3) is 0 Å². The zero-order valence-electron chi connectivity index (χ0n) is 11.3. The number of nitrogens with zero attached hydrogens (tertiary/aromatic N) is 1. The summed E-state index contributed by atoms with van der Waals surface area (Å²) in [5, 5.41) is 9.56. The molecule has 0 bridgehead atoms. The van der Waals surface area contributed by atoms with E-state index in [1.807, 2.05) is 20.8 Å². The molecule has 0 aliphatic rings. The molecular formula is C12H21N3O2. The summed E-state index contributed by atoms with van der Waals surface area (Å²) in [4.78, 5) is 11.9. The van der Waals surface area contributed by atoms with Crippen molar-refractivity contribution in [1.29, 1.82) is 0 Å². The van der Waals surface area contributed by atoms with Crippen LogP contribution in [0.5, 0.6) is 0 Å². The number of carbonyl (C=O) groups excluding carboxylic acids is 1. The maximum atomic E-state index is 11.9. The van der Waals surface area contributed by atoms with Crippen molar-refractivity contribution in [3.05, 3.63) is 11.8 Å². The molecule has 96 valence electrons. The van der Waals surface area contributed by atoms with Crippen molar-refractivity contribution in [3.8, 4) is 0 Å². The van der Waals surface area contributed by atoms with Crippen molar-refractivity contribution in [2.45, 2.75) is 45.6 Å². The highest BCUT2D eigenvalue weighted by Gasteiger charge is 2.27. The van der Waals surface area contributed by atoms with Crippen LogP contribution in [0.2, 0.25) is 0 Å². The number of anilines is 1. The molecule has 0 unspecified atom stereocenters. The molecule has 1 amide bonds. The Morgan fingerprint density at radius 1 is 1.29 bits per heavy atom. The predicted octanol–water partition coefficient (Wildman–Crippen LogP) is 1.91. The molecule has 0 atom stereocenters. The first kappa shape index (κ1) is 13.7. The molecule has 0 aliphatic carbocycles. The molecule has 17 heavy (non-hydrogen) atoms. The van der Waals surface area contributed by atoms with Gasteiger partial charge in [0.1, 0.15) is 0 Å². The summed E-state index contributed by atoms with van der Waals surface area (Å²) in [7, 11) is 1.74. The molecule has 0 spiro atoms. The Bertz CT molecular complexity index is 402. The van der Waals surface area contributed by atoms with Gasteiger partial charge in [-0.05, 0) is 20.9 Å². The summed E-state index contributed by atoms with van der Waals surface area (Å²) in [6.45, 7) is 9.70. The summed E-state index contributed by atoms with van der Waals surface area (Å²) in [6.07, 6.45) is 0. The number of amides is 1. The molecule has 0 aliphatic heterocycles. The van der Waals surface area contributed by atoms with Gasteiger partial charge in [-0.2, -0.15) is 0 Å². The van der Waals surface area contributed by atoms with Crippen molar-refractivity contribution in [2.75, 3.05) is 12.4 Å². The van der Waals surface area contributed by atoms with Gasteiger partial charge in [0.15, 0.2) is 0 Å². The Labute approximate surface area is 102 Å². The summed E-state index contributed by atoms with van der Waals surface area (Å²) in [5.41, 5.74) is 0.0785. The number of carbonyl (C=O) groups is 1. The molecule has 0 saturated heterocycles. The highest BCUT2D eigenvalue weighted by atomic mass is 16.5. The zero-order chi connectivity index (χ0) is 13.3. The quantitative estimate of drug-likeness (QED) is 0.845. The summed E-state index contributed by atoms with van der Waals surface area (Å²) in [6, 6.07) is 1.75. The number of hydrogen-bond acceptors (Lipinski definition) is 4. The van der Waals surface area contributed by atoms with E-state index >= 15 is 0 Å². The Kier molecular flexibility index (Phi) is 3.62. The second-order valence-corrected chi connectivity index (χ2v) is 5.66. The van der Waals surface area contributed by atoms with Gasteiger partial charge in [-0.1, -0.05) is 25.9 Å². The topological polar surface area (TPSA) is 67.2 Å². The maximum absolute atomic E-state index is 11.9. The maximum Gasteiger partial charge on any atom is 0.246 e. The third kappa shape index (κ3) is 3.30. The van der Waals surface area contributed by atoms with Crippen molar-refractivity contribution in [1.82, 2.24) is 10.5 Å². The van der Waals surface area contributed by atoms with Crippen molar-refractivity contribution < 1.29 is 9.32 Å². The first-order valence-electron chi connectivity index (χ1n) is 5.64. The van der Waals surface area contributed by atoms with E-state index in [1.165, 1.54) is 0 Å². The van der Waals surface area contributed by atoms with E-state index in [-0.39, 0.29) is 11.3 Å². The SMILES string of the molecule is CNC(C)(C)C(=O)Nc1cc(C(C)(C)C)no1. The molecule has 1 rings (SSSR count). The van der Waals surface area contributed by atoms with E-state index in [0.717, 1.165) is 5.69 Å². The van der Waals surface area contributed by atoms with Crippen LogP contribution in [0.1, 0.15) is 40.3 Å². The number of hydrogen-bond donors (Lipinski definition) is 2. The number of nitrogens with one attached hydrogen (secondary N) is 2. The highest BCUT2D eigenvalue weighted by molar-refractivity contribution is 5.96. The molecule has 1 heterocycles. The molecule has 1 aromatic rings. The zero-order valence-corrected chi connectivity index (χ0v) is 11.3. The number of aromatic nitrogens is 1. The van der Waals surface area contributed by atoms with Gasteiger partial charge in [-0.25, -0.2) is 0 Å². The smallest absolute Gasteiger partial charge is 0.246 e. The van der Waals surface area contributed by atoms with Crippen LogP contribution in [0.3, 0.4) is 0 Å². The van der Waals surface area contributed by atoms with Gasteiger partial charge < -0.3 is 9.84 Å². The lowest BCUT2D eigenvalue weighted by Gasteiger charge is -2.21. The number of likely N-dealkylation sites (N-methyl/N-ethyl adjacent to an activating group) is 1. The minimum atomic E-state index is -0.644. The van der Waals surface area contributed by atoms with Crippen molar-refractivity contribution >= 4 is 11.8 Å². The van der Waals surface area contributed by atoms with Gasteiger partial charge in [0.2, 0.25) is 11.8 Å². The third-order valence-corrected chi connectivity index (χ3v) is 2.71. The summed E-state index contributed by atoms with van der Waals surface area (Å²) >= 11 is 0. The van der Waals surface area contributed by atoms with Crippen LogP contribution in [0, 0.1) is 0 Å². The average Bonchev–Trinajstić information content (AvgIpc) is 2.65. The van der Waals surface area contributed by atoms with Gasteiger partial charge in [-0.3, -0.25) is 10.1 Å². The van der Waals surface area contributed by atoms with Crippen molar-refractivity contribution in [3.63, 3.8) is 0 Å². The molecule has 0 saturated carbocycles. The van der Waals surface area contributed by atoms with Crippen molar-refractivity contribution in [2.24, 2.45) is 0 Å². The van der Waals surface area contributed by atoms with E-state index in [4.69, 9.17) is 4.52 Å². The van der Waals surface area contributed by atoms with Crippen LogP contribution in [-0.2, 0) is 10.2 Å². The van der Waals surface area contributed by atoms with Gasteiger partial charge in [-0.15, -0.1) is 0 Å². The van der Waals surface area contributed by atoms with Gasteiger partial charge in [0.05, 0.1) is 11.2 Å². The van der Waals surface area contributed by atoms with E-state index in [2.05, 4.69) is 15.8 Å². The second kappa shape index (κ2) is 4.49. The molecule has 0 fully saturated rings. The van der Waals surface area contributed by atoms with E-state index < -0.39 is 5.54 Å². The Morgan fingerprint density at radius 2 is 1.88 bits per heavy atom. The molecule has 0 aromatic carbocycles. The van der Waals surface area contributed by atoms with E-state index in [0.29, 0.717) is 5.88 Å². The molecular weight excluding hydrogens is 218 g/mol. The van der Waals surface area contributed by atoms with Gasteiger partial charge in [0, 0.05) is 11.5 Å². The minimum absolute atomic E-state index is 0.0923. The first-order valence-corrected chi connectivity index (χ1v) is 5.64. The normalized spacial score (nSPS) is 12.6. The predicted molar refractivity (Wildman–Crippen MR) is 67.0 cm³/mol. The summed E-state index contributed by atoms with van der Waals surface area (Å²) in [5.74, 6) is 0.222. The van der Waals surface area contributed by atoms with E-state index in [9.17, 15) is 4.79 Å². The van der Waals surface area contributed by atoms with Gasteiger partial charge >= 0.3 is 0 Å². The van der Waals surface area contributed by atoms with Gasteiger partial charge in [0.25, 0.3) is 0 Å². The Balaban J connectivity index is 2.77. The van der Waals surface area contributed by atoms with Crippen LogP contribution in [0.15, 0.2) is 10.6 Å². The van der Waals surface area contributed by atoms with E-state index in [1.54, 1.807) is 27.0 Å². The standard InChI is InChI=1S/C12H21N3O2/c1-11(2,3)8-7-9(17-15-8)14-10(16)12(4,5)13-6/h7,13H,1-6H3,(H,14,16). The van der Waals surface area contributed by atoms with Crippen LogP contribution < -0.4 is 10.6 Å². The average molecular weight is 239 g/mol. The molecule has 5 heteroatoms. The Hall–Kier alpha value is -1.36. The largest absolute Gasteiger partial charge is 0.338 e. The Morgan fingerprint density at radius 3 is 2.29 bits per heavy atom. The third-order valence-electron chi connectivity index (χ3n) is 2.71. The monoisotopic (exact) mass is 239 g/mol. The molecule has 1 aromatic heterocycles. The second-order valence-electron chi connectivity index (χ2n) is 5.66. The lowest BCUT2D eigenvalue weighted by Crippen LogP contribution is -2.47. The fraction of sp³-hybridized carbons (Fsp3) is 0.667. The minimum Gasteiger partial charge on any atom is -0.338 e. The molecule has 0 radical (unpaired) electrons. The lowest BCUT2D eigenvalue weighted by molar-refractivity contribution is -0.121. The van der Waals surface area contributed by atoms with Crippen LogP contribution in [0.4, 0.5) is 5.88 Å². The fourth-order valence-corrected chi connectivity index (χ4v) is 1.07. The number of rotatable bonds is 3. The molecule has 5 nitrogen and oxygen atoms in total. The highest BCUT2D eigenvalue weighted by Crippen LogP contribution is 2.23. The van der Waals surface area contributed by atoms with Crippen LogP contribution in [-0.4, -0.2) is 23.7 Å². The lowest BCUT2D eigenvalue weighted by atomic mass is 9.92. The fourth-order valence-electron chi connectivity index (χ4n) is 1.07. The summed E-state index contributed by atoms with van der Waals surface area (Å²) < 4.78 is 5.09. The molecule has 2 N–H and O–H groups in total. The van der Waals surface area contributed by atoms with Crippen LogP contribution >= 0.6 is 0 Å². The first-order chi connectivity index (χ1) is 7.66.